The average molecular weight is 732 g/mol. The summed E-state index contributed by atoms with van der Waals surface area (Å²) < 4.78 is 47.0. The van der Waals surface area contributed by atoms with E-state index >= 15 is 0 Å². The summed E-state index contributed by atoms with van der Waals surface area (Å²) in [6.07, 6.45) is -4.79. The number of carbonyl (C=O) groups is 2. The molecule has 2 aliphatic rings. The van der Waals surface area contributed by atoms with E-state index in [1.165, 1.54) is 27.5 Å². The van der Waals surface area contributed by atoms with E-state index in [1.54, 1.807) is 4.57 Å². The van der Waals surface area contributed by atoms with Crippen LogP contribution in [0.3, 0.4) is 0 Å². The van der Waals surface area contributed by atoms with Crippen molar-refractivity contribution in [3.8, 4) is 0 Å². The Hall–Kier alpha value is -3.35. The van der Waals surface area contributed by atoms with E-state index in [0.717, 1.165) is 0 Å². The first kappa shape index (κ1) is 40.4. The number of rotatable bonds is 21. The lowest BCUT2D eigenvalue weighted by molar-refractivity contribution is -0.270. The molecule has 2 amide bonds. The second-order valence-electron chi connectivity index (χ2n) is 11.9. The van der Waals surface area contributed by atoms with Crippen LogP contribution in [0.5, 0.6) is 0 Å². The molecule has 51 heavy (non-hydrogen) atoms. The molecule has 0 unspecified atom stereocenters. The molecule has 8 N–H and O–H groups in total. The third-order valence-corrected chi connectivity index (χ3v) is 8.23. The number of nitrogens with two attached hydrogens (primary N) is 1. The van der Waals surface area contributed by atoms with Gasteiger partial charge in [0.1, 0.15) is 49.5 Å². The fourth-order valence-electron chi connectivity index (χ4n) is 5.78. The molecule has 0 saturated carbocycles. The number of ether oxygens (including phenoxy) is 8. The monoisotopic (exact) mass is 731 g/mol. The molecule has 21 nitrogen and oxygen atoms in total. The van der Waals surface area contributed by atoms with Gasteiger partial charge in [0.05, 0.1) is 39.4 Å². The molecule has 0 aliphatic carbocycles. The van der Waals surface area contributed by atoms with Crippen molar-refractivity contribution in [3.63, 3.8) is 0 Å². The molecule has 2 aromatic rings. The molecule has 288 valence electrons. The first-order valence-corrected chi connectivity index (χ1v) is 16.5. The molecule has 21 heteroatoms. The number of fused-ring (bicyclic) bond motifs is 1. The van der Waals surface area contributed by atoms with E-state index in [9.17, 15) is 29.7 Å². The largest absolute Gasteiger partial charge is 0.394 e. The second-order valence-corrected chi connectivity index (χ2v) is 11.9. The smallest absolute Gasteiger partial charge is 0.280 e. The number of anilines is 1. The maximum atomic E-state index is 12.3. The number of nitrogens with one attached hydrogen (secondary N) is 3. The molecule has 4 heterocycles. The molecule has 2 fully saturated rings. The Morgan fingerprint density at radius 1 is 1.04 bits per heavy atom. The molecule has 0 radical (unpaired) electrons. The zero-order chi connectivity index (χ0) is 36.9. The molecule has 0 spiro atoms. The molecule has 2 saturated heterocycles. The van der Waals surface area contributed by atoms with Gasteiger partial charge in [0.25, 0.3) is 5.56 Å². The van der Waals surface area contributed by atoms with Crippen LogP contribution in [0.4, 0.5) is 5.95 Å². The summed E-state index contributed by atoms with van der Waals surface area (Å²) in [6, 6.07) is -1.02. The Labute approximate surface area is 293 Å². The van der Waals surface area contributed by atoms with E-state index in [2.05, 4.69) is 25.6 Å². The topological polar surface area (TPSA) is 282 Å². The molecule has 2 aromatic heterocycles. The van der Waals surface area contributed by atoms with E-state index in [0.29, 0.717) is 19.4 Å². The van der Waals surface area contributed by atoms with Gasteiger partial charge in [-0.05, 0) is 12.8 Å². The van der Waals surface area contributed by atoms with Gasteiger partial charge in [-0.2, -0.15) is 4.98 Å². The predicted molar refractivity (Wildman–Crippen MR) is 174 cm³/mol. The zero-order valence-corrected chi connectivity index (χ0v) is 28.8. The fourth-order valence-corrected chi connectivity index (χ4v) is 5.78. The van der Waals surface area contributed by atoms with Gasteiger partial charge >= 0.3 is 0 Å². The summed E-state index contributed by atoms with van der Waals surface area (Å²) in [6.45, 7) is 1.97. The highest BCUT2D eigenvalue weighted by atomic mass is 16.7. The number of hydrogen-bond acceptors (Lipinski definition) is 17. The maximum absolute atomic E-state index is 12.3. The van der Waals surface area contributed by atoms with Crippen LogP contribution in [0, 0.1) is 0 Å². The standard InChI is InChI=1S/C30H49N7O14/c1-16(39)34-20-23(42)22(41)17(12-38)51-29(20)48-8-5-4-6-19(40)32-7-9-46-10-11-47-15-49-25-24(45-3)18(13-44-2)50-28(25)37-14-33-21-26(37)35-30(31)36-27(21)43/h14,17-18,20,22-25,28-29,38,41-42H,4-13,15H2,1-3H3,(H,32,40)(H,34,39)(H3,31,35,36,43)/t17-,18-,20-,22+,23-,24-,25-,28-,29-/m1/s1. The number of methoxy groups -OCH3 is 2. The van der Waals surface area contributed by atoms with E-state index in [1.807, 2.05) is 0 Å². The number of nitrogens with zero attached hydrogens (tertiary/aromatic N) is 3. The van der Waals surface area contributed by atoms with E-state index < -0.39 is 73.3 Å². The van der Waals surface area contributed by atoms with Crippen LogP contribution in [-0.2, 0) is 47.5 Å². The van der Waals surface area contributed by atoms with Crippen molar-refractivity contribution in [1.29, 1.82) is 0 Å². The molecule has 0 aromatic carbocycles. The lowest BCUT2D eigenvalue weighted by Gasteiger charge is -2.42. The minimum Gasteiger partial charge on any atom is -0.394 e. The van der Waals surface area contributed by atoms with Gasteiger partial charge in [-0.25, -0.2) is 4.98 Å². The second kappa shape index (κ2) is 20.0. The van der Waals surface area contributed by atoms with Gasteiger partial charge in [-0.3, -0.25) is 23.9 Å². The number of aromatic nitrogens is 4. The molecular formula is C30H49N7O14. The normalized spacial score (nSPS) is 27.9. The van der Waals surface area contributed by atoms with Crippen LogP contribution >= 0.6 is 0 Å². The zero-order valence-electron chi connectivity index (χ0n) is 28.8. The highest BCUT2D eigenvalue weighted by Crippen LogP contribution is 2.35. The van der Waals surface area contributed by atoms with Crippen LogP contribution < -0.4 is 21.9 Å². The van der Waals surface area contributed by atoms with Gasteiger partial charge in [-0.15, -0.1) is 0 Å². The van der Waals surface area contributed by atoms with Crippen molar-refractivity contribution in [1.82, 2.24) is 30.2 Å². The summed E-state index contributed by atoms with van der Waals surface area (Å²) >= 11 is 0. The number of aliphatic hydroxyl groups excluding tert-OH is 3. The Kier molecular flexibility index (Phi) is 15.9. The Morgan fingerprint density at radius 2 is 1.82 bits per heavy atom. The van der Waals surface area contributed by atoms with Crippen molar-refractivity contribution in [3.05, 3.63) is 16.7 Å². The average Bonchev–Trinajstić information content (AvgIpc) is 3.67. The first-order valence-electron chi connectivity index (χ1n) is 16.5. The number of aliphatic hydroxyl groups is 3. The number of aromatic amines is 1. The van der Waals surface area contributed by atoms with E-state index in [-0.39, 0.29) is 69.3 Å². The number of H-pyrrole nitrogens is 1. The lowest BCUT2D eigenvalue weighted by Crippen LogP contribution is -2.64. The first-order chi connectivity index (χ1) is 24.6. The van der Waals surface area contributed by atoms with Crippen molar-refractivity contribution in [2.75, 3.05) is 72.9 Å². The third kappa shape index (κ3) is 10.8. The van der Waals surface area contributed by atoms with Crippen molar-refractivity contribution >= 4 is 28.9 Å². The van der Waals surface area contributed by atoms with E-state index in [4.69, 9.17) is 43.6 Å². The number of nitrogen functional groups attached to an aromatic ring is 1. The maximum Gasteiger partial charge on any atom is 0.280 e. The van der Waals surface area contributed by atoms with Crippen LogP contribution in [-0.4, -0.2) is 163 Å². The summed E-state index contributed by atoms with van der Waals surface area (Å²) in [5, 5.41) is 35.1. The third-order valence-electron chi connectivity index (χ3n) is 8.23. The minimum atomic E-state index is -1.39. The minimum absolute atomic E-state index is 0.0694. The summed E-state index contributed by atoms with van der Waals surface area (Å²) in [4.78, 5) is 46.8. The van der Waals surface area contributed by atoms with Crippen molar-refractivity contribution in [2.24, 2.45) is 0 Å². The quantitative estimate of drug-likeness (QED) is 0.0494. The number of amides is 2. The fraction of sp³-hybridized carbons (Fsp3) is 0.767. The van der Waals surface area contributed by atoms with Gasteiger partial charge < -0.3 is 69.6 Å². The lowest BCUT2D eigenvalue weighted by atomic mass is 9.97. The highest BCUT2D eigenvalue weighted by molar-refractivity contribution is 5.75. The number of hydrogen-bond donors (Lipinski definition) is 7. The summed E-state index contributed by atoms with van der Waals surface area (Å²) in [5.41, 5.74) is 5.59. The van der Waals surface area contributed by atoms with Crippen LogP contribution in [0.2, 0.25) is 0 Å². The Morgan fingerprint density at radius 3 is 2.55 bits per heavy atom. The van der Waals surface area contributed by atoms with Crippen LogP contribution in [0.15, 0.2) is 11.1 Å². The summed E-state index contributed by atoms with van der Waals surface area (Å²) in [5.74, 6) is -0.686. The predicted octanol–water partition coefficient (Wildman–Crippen LogP) is -3.12. The Bertz CT molecular complexity index is 1450. The van der Waals surface area contributed by atoms with Crippen LogP contribution in [0.25, 0.3) is 11.2 Å². The van der Waals surface area contributed by atoms with Gasteiger partial charge in [0.2, 0.25) is 17.8 Å². The Balaban J connectivity index is 1.10. The van der Waals surface area contributed by atoms with Gasteiger partial charge in [0, 0.05) is 40.7 Å². The van der Waals surface area contributed by atoms with Gasteiger partial charge in [0.15, 0.2) is 23.7 Å². The number of imidazole rings is 1. The SMILES string of the molecule is COC[C@H]1O[C@@H](n2cnc3c(=O)[nH]c(N)nc32)[C@H](OCOCCOCCNC(=O)CCCCO[C@@H]2O[C@H](CO)[C@H](O)[C@H](O)[C@H]2NC(C)=O)[C@@H]1OC. The summed E-state index contributed by atoms with van der Waals surface area (Å²) in [7, 11) is 3.06. The van der Waals surface area contributed by atoms with Gasteiger partial charge in [-0.1, -0.05) is 0 Å². The number of carbonyl (C=O) groups excluding carboxylic acids is 2. The van der Waals surface area contributed by atoms with Crippen molar-refractivity contribution < 1.29 is 62.8 Å². The molecular weight excluding hydrogens is 682 g/mol. The highest BCUT2D eigenvalue weighted by Gasteiger charge is 2.48. The molecule has 4 rings (SSSR count). The van der Waals surface area contributed by atoms with Crippen LogP contribution in [0.1, 0.15) is 32.4 Å². The number of unbranched alkanes of at least 4 members (excludes halogenated alkanes) is 1. The molecule has 9 atom stereocenters. The molecule has 0 bridgehead atoms. The van der Waals surface area contributed by atoms with Crippen molar-refractivity contribution in [2.45, 2.75) is 81.4 Å². The molecule has 2 aliphatic heterocycles.